The number of H-pyrrole nitrogens is 1. The van der Waals surface area contributed by atoms with Gasteiger partial charge >= 0.3 is 0 Å². The highest BCUT2D eigenvalue weighted by molar-refractivity contribution is 5.96. The number of nitrogens with zero attached hydrogens (tertiary/aromatic N) is 1. The maximum atomic E-state index is 11.6. The van der Waals surface area contributed by atoms with Crippen molar-refractivity contribution in [3.63, 3.8) is 0 Å². The summed E-state index contributed by atoms with van der Waals surface area (Å²) in [5, 5.41) is 7.67. The number of anilines is 1. The molecule has 0 atom stereocenters. The molecule has 0 radical (unpaired) electrons. The van der Waals surface area contributed by atoms with E-state index in [9.17, 15) is 4.79 Å². The summed E-state index contributed by atoms with van der Waals surface area (Å²) >= 11 is 0. The van der Waals surface area contributed by atoms with E-state index in [1.54, 1.807) is 12.1 Å². The van der Waals surface area contributed by atoms with Gasteiger partial charge in [0.25, 0.3) is 5.91 Å². The van der Waals surface area contributed by atoms with E-state index in [4.69, 9.17) is 11.6 Å². The van der Waals surface area contributed by atoms with E-state index in [1.807, 2.05) is 30.3 Å². The molecule has 0 aliphatic heterocycles. The number of aromatic amines is 1. The number of hydrogen-bond acceptors (Lipinski definition) is 4. The van der Waals surface area contributed by atoms with Crippen molar-refractivity contribution in [2.75, 3.05) is 5.73 Å². The van der Waals surface area contributed by atoms with Crippen LogP contribution >= 0.6 is 0 Å². The van der Waals surface area contributed by atoms with E-state index in [-0.39, 0.29) is 5.91 Å². The van der Waals surface area contributed by atoms with Gasteiger partial charge in [0.15, 0.2) is 5.82 Å². The molecule has 0 aliphatic carbocycles. The van der Waals surface area contributed by atoms with Crippen LogP contribution in [0.1, 0.15) is 10.4 Å². The second-order valence-corrected chi connectivity index (χ2v) is 4.42. The average molecular weight is 267 g/mol. The van der Waals surface area contributed by atoms with Gasteiger partial charge in [-0.25, -0.2) is 5.84 Å². The maximum Gasteiger partial charge on any atom is 0.265 e. The van der Waals surface area contributed by atoms with Crippen LogP contribution in [0.4, 0.5) is 5.82 Å². The minimum atomic E-state index is -0.323. The second kappa shape index (κ2) is 4.67. The summed E-state index contributed by atoms with van der Waals surface area (Å²) in [6.07, 6.45) is 0. The van der Waals surface area contributed by atoms with Crippen LogP contribution in [0.15, 0.2) is 42.5 Å². The van der Waals surface area contributed by atoms with Gasteiger partial charge in [-0.3, -0.25) is 15.3 Å². The van der Waals surface area contributed by atoms with Crippen molar-refractivity contribution in [3.05, 3.63) is 48.0 Å². The largest absolute Gasteiger partial charge is 0.382 e. The zero-order chi connectivity index (χ0) is 14.1. The molecule has 0 saturated heterocycles. The lowest BCUT2D eigenvalue weighted by molar-refractivity contribution is 0.0953. The number of hydrogen-bond donors (Lipinski definition) is 4. The molecule has 1 amide bonds. The third-order valence-corrected chi connectivity index (χ3v) is 3.18. The lowest BCUT2D eigenvalue weighted by Gasteiger charge is -2.05. The molecular weight excluding hydrogens is 254 g/mol. The lowest BCUT2D eigenvalue weighted by Crippen LogP contribution is -2.29. The highest BCUT2D eigenvalue weighted by Gasteiger charge is 2.07. The predicted molar refractivity (Wildman–Crippen MR) is 77.6 cm³/mol. The number of aromatic nitrogens is 2. The van der Waals surface area contributed by atoms with Gasteiger partial charge in [-0.05, 0) is 35.4 Å². The summed E-state index contributed by atoms with van der Waals surface area (Å²) in [5.41, 5.74) is 11.2. The number of carbonyl (C=O) groups excluding carboxylic acids is 1. The Morgan fingerprint density at radius 2 is 1.95 bits per heavy atom. The van der Waals surface area contributed by atoms with Crippen LogP contribution in [-0.2, 0) is 0 Å². The molecule has 0 aliphatic rings. The summed E-state index contributed by atoms with van der Waals surface area (Å²) < 4.78 is 0. The molecule has 0 saturated carbocycles. The van der Waals surface area contributed by atoms with Crippen LogP contribution in [0.5, 0.6) is 0 Å². The first kappa shape index (κ1) is 12.2. The first-order valence-corrected chi connectivity index (χ1v) is 6.04. The van der Waals surface area contributed by atoms with E-state index < -0.39 is 0 Å². The second-order valence-electron chi connectivity index (χ2n) is 4.42. The Balaban J connectivity index is 2.10. The van der Waals surface area contributed by atoms with Gasteiger partial charge in [0.2, 0.25) is 0 Å². The summed E-state index contributed by atoms with van der Waals surface area (Å²) in [7, 11) is 0. The Bertz CT molecular complexity index is 793. The first-order valence-electron chi connectivity index (χ1n) is 6.04. The molecule has 6 N–H and O–H groups in total. The van der Waals surface area contributed by atoms with Gasteiger partial charge in [-0.2, -0.15) is 5.10 Å². The number of nitrogen functional groups attached to an aromatic ring is 2. The highest BCUT2D eigenvalue weighted by Crippen LogP contribution is 2.26. The number of nitrogens with one attached hydrogen (secondary N) is 2. The molecule has 3 aromatic rings. The van der Waals surface area contributed by atoms with E-state index >= 15 is 0 Å². The number of amides is 1. The zero-order valence-corrected chi connectivity index (χ0v) is 10.6. The van der Waals surface area contributed by atoms with Crippen LogP contribution in [0.3, 0.4) is 0 Å². The number of rotatable bonds is 2. The van der Waals surface area contributed by atoms with Crippen molar-refractivity contribution >= 4 is 22.6 Å². The van der Waals surface area contributed by atoms with Gasteiger partial charge < -0.3 is 5.73 Å². The Kier molecular flexibility index (Phi) is 2.85. The quantitative estimate of drug-likeness (QED) is 0.319. The maximum absolute atomic E-state index is 11.6. The van der Waals surface area contributed by atoms with Gasteiger partial charge in [0, 0.05) is 10.9 Å². The number of nitrogens with two attached hydrogens (primary N) is 2. The number of fused-ring (bicyclic) bond motifs is 1. The summed E-state index contributed by atoms with van der Waals surface area (Å²) in [4.78, 5) is 11.6. The topological polar surface area (TPSA) is 110 Å². The van der Waals surface area contributed by atoms with Crippen LogP contribution in [0, 0.1) is 0 Å². The lowest BCUT2D eigenvalue weighted by atomic mass is 10.0. The molecule has 100 valence electrons. The van der Waals surface area contributed by atoms with Gasteiger partial charge in [0.1, 0.15) is 0 Å². The predicted octanol–water partition coefficient (Wildman–Crippen LogP) is 1.42. The molecule has 1 aromatic heterocycles. The van der Waals surface area contributed by atoms with Crippen molar-refractivity contribution in [3.8, 4) is 11.1 Å². The summed E-state index contributed by atoms with van der Waals surface area (Å²) in [5.74, 6) is 5.28. The Morgan fingerprint density at radius 3 is 2.75 bits per heavy atom. The van der Waals surface area contributed by atoms with Gasteiger partial charge in [-0.1, -0.05) is 18.2 Å². The highest BCUT2D eigenvalue weighted by atomic mass is 16.2. The van der Waals surface area contributed by atoms with Gasteiger partial charge in [-0.15, -0.1) is 0 Å². The van der Waals surface area contributed by atoms with Crippen molar-refractivity contribution < 1.29 is 4.79 Å². The Hall–Kier alpha value is -2.86. The van der Waals surface area contributed by atoms with Crippen molar-refractivity contribution in [1.29, 1.82) is 0 Å². The molecular formula is C14H13N5O. The molecule has 0 bridgehead atoms. The fourth-order valence-electron chi connectivity index (χ4n) is 2.14. The smallest absolute Gasteiger partial charge is 0.265 e. The third kappa shape index (κ3) is 1.98. The molecule has 20 heavy (non-hydrogen) atoms. The molecule has 0 fully saturated rings. The van der Waals surface area contributed by atoms with Crippen molar-refractivity contribution in [2.45, 2.75) is 0 Å². The van der Waals surface area contributed by atoms with E-state index in [1.165, 1.54) is 0 Å². The molecule has 6 nitrogen and oxygen atoms in total. The minimum absolute atomic E-state index is 0.323. The van der Waals surface area contributed by atoms with Crippen LogP contribution in [0.2, 0.25) is 0 Å². The SMILES string of the molecule is NNC(=O)c1cccc(-c2ccc3[nH]nc(N)c3c2)c1. The molecule has 2 aromatic carbocycles. The van der Waals surface area contributed by atoms with Crippen molar-refractivity contribution in [2.24, 2.45) is 5.84 Å². The monoisotopic (exact) mass is 267 g/mol. The molecule has 0 unspecified atom stereocenters. The fraction of sp³-hybridized carbons (Fsp3) is 0. The molecule has 0 spiro atoms. The Labute approximate surface area is 114 Å². The number of hydrazine groups is 1. The standard InChI is InChI=1S/C14H13N5O/c15-13-11-7-9(4-5-12(11)18-19-13)8-2-1-3-10(6-8)14(20)17-16/h1-7H,16H2,(H,17,20)(H3,15,18,19). The van der Waals surface area contributed by atoms with Crippen LogP contribution in [-0.4, -0.2) is 16.1 Å². The van der Waals surface area contributed by atoms with Crippen LogP contribution < -0.4 is 17.0 Å². The number of carbonyl (C=O) groups is 1. The third-order valence-electron chi connectivity index (χ3n) is 3.18. The molecule has 1 heterocycles. The first-order chi connectivity index (χ1) is 9.69. The molecule has 3 rings (SSSR count). The molecule has 6 heteroatoms. The van der Waals surface area contributed by atoms with E-state index in [2.05, 4.69) is 15.6 Å². The summed E-state index contributed by atoms with van der Waals surface area (Å²) in [6, 6.07) is 13.0. The fourth-order valence-corrected chi connectivity index (χ4v) is 2.14. The van der Waals surface area contributed by atoms with Crippen LogP contribution in [0.25, 0.3) is 22.0 Å². The normalized spacial score (nSPS) is 10.7. The van der Waals surface area contributed by atoms with Gasteiger partial charge in [0.05, 0.1) is 5.52 Å². The average Bonchev–Trinajstić information content (AvgIpc) is 2.87. The number of benzene rings is 2. The minimum Gasteiger partial charge on any atom is -0.382 e. The zero-order valence-electron chi connectivity index (χ0n) is 10.6. The summed E-state index contributed by atoms with van der Waals surface area (Å²) in [6.45, 7) is 0. The Morgan fingerprint density at radius 1 is 1.15 bits per heavy atom. The van der Waals surface area contributed by atoms with Crippen molar-refractivity contribution in [1.82, 2.24) is 15.6 Å². The van der Waals surface area contributed by atoms with E-state index in [0.717, 1.165) is 22.0 Å². The van der Waals surface area contributed by atoms with E-state index in [0.29, 0.717) is 11.4 Å².